The monoisotopic (exact) mass is 678 g/mol. The van der Waals surface area contributed by atoms with Crippen LogP contribution in [0.25, 0.3) is 0 Å². The molecule has 4 heteroatoms. The van der Waals surface area contributed by atoms with Gasteiger partial charge in [-0.25, -0.2) is 0 Å². The summed E-state index contributed by atoms with van der Waals surface area (Å²) >= 11 is 0. The van der Waals surface area contributed by atoms with Gasteiger partial charge in [0.25, 0.3) is 0 Å². The Morgan fingerprint density at radius 3 is 1.15 bits per heavy atom. The Morgan fingerprint density at radius 2 is 0.792 bits per heavy atom. The summed E-state index contributed by atoms with van der Waals surface area (Å²) in [7, 11) is 0. The van der Waals surface area contributed by atoms with Gasteiger partial charge in [0, 0.05) is 6.42 Å². The molecule has 0 saturated heterocycles. The molecule has 0 aromatic rings. The molecule has 1 amide bonds. The number of carbonyl (C=O) groups is 1. The maximum Gasteiger partial charge on any atom is 0.220 e. The quantitative estimate of drug-likeness (QED) is 0.0446. The maximum atomic E-state index is 12.4. The smallest absolute Gasteiger partial charge is 0.220 e. The van der Waals surface area contributed by atoms with Gasteiger partial charge in [-0.2, -0.15) is 0 Å². The van der Waals surface area contributed by atoms with Crippen molar-refractivity contribution in [3.8, 4) is 0 Å². The van der Waals surface area contributed by atoms with Crippen LogP contribution in [-0.4, -0.2) is 34.9 Å². The van der Waals surface area contributed by atoms with Crippen LogP contribution in [0, 0.1) is 0 Å². The van der Waals surface area contributed by atoms with Crippen LogP contribution >= 0.6 is 0 Å². The minimum atomic E-state index is -0.676. The highest BCUT2D eigenvalue weighted by Crippen LogP contribution is 2.16. The Balaban J connectivity index is 3.51. The third-order valence-corrected chi connectivity index (χ3v) is 10.3. The first-order valence-electron chi connectivity index (χ1n) is 21.9. The minimum Gasteiger partial charge on any atom is -0.394 e. The fraction of sp³-hybridized carbons (Fsp3) is 0.932. The summed E-state index contributed by atoms with van der Waals surface area (Å²) in [5.41, 5.74) is 0. The number of hydrogen-bond acceptors (Lipinski definition) is 3. The number of hydrogen-bond donors (Lipinski definition) is 3. The molecule has 4 nitrogen and oxygen atoms in total. The Labute approximate surface area is 301 Å². The first kappa shape index (κ1) is 47.1. The molecular weight excluding hydrogens is 590 g/mol. The predicted molar refractivity (Wildman–Crippen MR) is 212 cm³/mol. The first-order chi connectivity index (χ1) is 23.7. The van der Waals surface area contributed by atoms with Crippen molar-refractivity contribution in [3.63, 3.8) is 0 Å². The van der Waals surface area contributed by atoms with Crippen molar-refractivity contribution in [2.24, 2.45) is 0 Å². The lowest BCUT2D eigenvalue weighted by Gasteiger charge is -2.22. The fourth-order valence-corrected chi connectivity index (χ4v) is 6.89. The van der Waals surface area contributed by atoms with E-state index in [4.69, 9.17) is 0 Å². The van der Waals surface area contributed by atoms with E-state index in [0.29, 0.717) is 12.8 Å². The first-order valence-corrected chi connectivity index (χ1v) is 21.9. The van der Waals surface area contributed by atoms with Crippen LogP contribution in [0.1, 0.15) is 245 Å². The summed E-state index contributed by atoms with van der Waals surface area (Å²) in [6, 6.07) is -0.547. The molecule has 0 aromatic heterocycles. The summed E-state index contributed by atoms with van der Waals surface area (Å²) in [5, 5.41) is 23.1. The molecular formula is C44H87NO3. The second-order valence-corrected chi connectivity index (χ2v) is 15.1. The van der Waals surface area contributed by atoms with Crippen molar-refractivity contribution >= 4 is 5.91 Å². The van der Waals surface area contributed by atoms with E-state index in [1.807, 2.05) is 0 Å². The van der Waals surface area contributed by atoms with Gasteiger partial charge in [0.1, 0.15) is 0 Å². The Hall–Kier alpha value is -0.870. The van der Waals surface area contributed by atoms with Gasteiger partial charge in [-0.15, -0.1) is 0 Å². The van der Waals surface area contributed by atoms with Crippen molar-refractivity contribution in [3.05, 3.63) is 12.2 Å². The van der Waals surface area contributed by atoms with Crippen molar-refractivity contribution in [2.75, 3.05) is 6.61 Å². The molecule has 48 heavy (non-hydrogen) atoms. The number of aliphatic hydroxyl groups excluding tert-OH is 2. The van der Waals surface area contributed by atoms with Crippen LogP contribution in [0.15, 0.2) is 12.2 Å². The normalized spacial score (nSPS) is 13.0. The number of aliphatic hydroxyl groups is 2. The molecule has 0 heterocycles. The molecule has 0 unspecified atom stereocenters. The van der Waals surface area contributed by atoms with Gasteiger partial charge in [-0.05, 0) is 38.5 Å². The second kappa shape index (κ2) is 40.6. The molecule has 0 aromatic carbocycles. The minimum absolute atomic E-state index is 0.0367. The van der Waals surface area contributed by atoms with Crippen molar-refractivity contribution < 1.29 is 15.0 Å². The van der Waals surface area contributed by atoms with Gasteiger partial charge in [0.2, 0.25) is 5.91 Å². The van der Waals surface area contributed by atoms with E-state index < -0.39 is 12.1 Å². The van der Waals surface area contributed by atoms with Gasteiger partial charge < -0.3 is 15.5 Å². The Kier molecular flexibility index (Phi) is 39.8. The average Bonchev–Trinajstić information content (AvgIpc) is 3.09. The largest absolute Gasteiger partial charge is 0.394 e. The highest BCUT2D eigenvalue weighted by molar-refractivity contribution is 5.76. The van der Waals surface area contributed by atoms with Gasteiger partial charge in [0.05, 0.1) is 18.8 Å². The van der Waals surface area contributed by atoms with Crippen LogP contribution in [-0.2, 0) is 4.79 Å². The third-order valence-electron chi connectivity index (χ3n) is 10.3. The van der Waals surface area contributed by atoms with Gasteiger partial charge in [-0.3, -0.25) is 4.79 Å². The van der Waals surface area contributed by atoms with E-state index in [-0.39, 0.29) is 12.5 Å². The molecule has 0 spiro atoms. The van der Waals surface area contributed by atoms with Crippen LogP contribution in [0.3, 0.4) is 0 Å². The lowest BCUT2D eigenvalue weighted by molar-refractivity contribution is -0.123. The second-order valence-electron chi connectivity index (χ2n) is 15.1. The van der Waals surface area contributed by atoms with E-state index >= 15 is 0 Å². The summed E-state index contributed by atoms with van der Waals surface area (Å²) in [6.45, 7) is 4.36. The molecule has 0 aliphatic carbocycles. The molecule has 3 N–H and O–H groups in total. The number of amides is 1. The molecule has 286 valence electrons. The molecule has 0 aliphatic heterocycles. The van der Waals surface area contributed by atoms with Crippen LogP contribution < -0.4 is 5.32 Å². The summed E-state index contributed by atoms with van der Waals surface area (Å²) in [6.07, 6.45) is 50.0. The zero-order valence-electron chi connectivity index (χ0n) is 32.8. The van der Waals surface area contributed by atoms with Gasteiger partial charge in [-0.1, -0.05) is 212 Å². The summed E-state index contributed by atoms with van der Waals surface area (Å²) < 4.78 is 0. The average molecular weight is 678 g/mol. The fourth-order valence-electron chi connectivity index (χ4n) is 6.89. The number of unbranched alkanes of at least 4 members (excludes halogenated alkanes) is 31. The third kappa shape index (κ3) is 36.4. The molecule has 2 atom stereocenters. The summed E-state index contributed by atoms with van der Waals surface area (Å²) in [4.78, 5) is 12.4. The van der Waals surface area contributed by atoms with Crippen molar-refractivity contribution in [2.45, 2.75) is 257 Å². The Bertz CT molecular complexity index is 651. The van der Waals surface area contributed by atoms with Crippen molar-refractivity contribution in [1.29, 1.82) is 0 Å². The Morgan fingerprint density at radius 1 is 0.479 bits per heavy atom. The molecule has 0 fully saturated rings. The lowest BCUT2D eigenvalue weighted by Crippen LogP contribution is -2.45. The van der Waals surface area contributed by atoms with Crippen molar-refractivity contribution in [1.82, 2.24) is 5.32 Å². The van der Waals surface area contributed by atoms with Crippen LogP contribution in [0.4, 0.5) is 0 Å². The topological polar surface area (TPSA) is 69.6 Å². The number of rotatable bonds is 40. The lowest BCUT2D eigenvalue weighted by atomic mass is 10.0. The van der Waals surface area contributed by atoms with E-state index in [0.717, 1.165) is 32.1 Å². The molecule has 0 rings (SSSR count). The standard InChI is InChI=1S/C44H87NO3/c1-3-5-7-9-11-13-15-17-19-21-22-23-24-26-28-30-32-34-36-38-40-44(48)45-42(41-46)43(47)39-37-35-33-31-29-27-25-20-18-16-14-12-10-8-6-4-2/h29,31,42-43,46-47H,3-28,30,32-41H2,1-2H3,(H,45,48)/b31-29+/t42-,43+/m0/s1. The predicted octanol–water partition coefficient (Wildman–Crippen LogP) is 13.5. The van der Waals surface area contributed by atoms with E-state index in [1.165, 1.54) is 186 Å². The van der Waals surface area contributed by atoms with Crippen LogP contribution in [0.5, 0.6) is 0 Å². The zero-order chi connectivity index (χ0) is 35.0. The SMILES string of the molecule is CCCCCCCCCCCC/C=C/CCCC[C@@H](O)[C@H](CO)NC(=O)CCCCCCCCCCCCCCCCCCCCCC. The van der Waals surface area contributed by atoms with Gasteiger partial charge in [0.15, 0.2) is 0 Å². The molecule has 0 aliphatic rings. The number of carbonyl (C=O) groups excluding carboxylic acids is 1. The highest BCUT2D eigenvalue weighted by atomic mass is 16.3. The highest BCUT2D eigenvalue weighted by Gasteiger charge is 2.19. The number of nitrogens with one attached hydrogen (secondary N) is 1. The molecule has 0 radical (unpaired) electrons. The molecule has 0 bridgehead atoms. The van der Waals surface area contributed by atoms with E-state index in [9.17, 15) is 15.0 Å². The van der Waals surface area contributed by atoms with Crippen LogP contribution in [0.2, 0.25) is 0 Å². The van der Waals surface area contributed by atoms with Gasteiger partial charge >= 0.3 is 0 Å². The van der Waals surface area contributed by atoms with E-state index in [1.54, 1.807) is 0 Å². The van der Waals surface area contributed by atoms with E-state index in [2.05, 4.69) is 31.3 Å². The molecule has 0 saturated carbocycles. The maximum absolute atomic E-state index is 12.4. The zero-order valence-corrected chi connectivity index (χ0v) is 32.8. The summed E-state index contributed by atoms with van der Waals surface area (Å²) in [5.74, 6) is -0.0367. The number of allylic oxidation sites excluding steroid dienone is 2.